The number of ether oxygens (including phenoxy) is 1. The van der Waals surface area contributed by atoms with Gasteiger partial charge in [-0.1, -0.05) is 17.7 Å². The summed E-state index contributed by atoms with van der Waals surface area (Å²) in [5.74, 6) is -1.43. The first-order valence-electron chi connectivity index (χ1n) is 8.92. The van der Waals surface area contributed by atoms with E-state index in [2.05, 4.69) is 9.97 Å². The van der Waals surface area contributed by atoms with Crippen LogP contribution in [0, 0.1) is 11.6 Å². The number of hydrogen-bond acceptors (Lipinski definition) is 4. The van der Waals surface area contributed by atoms with Gasteiger partial charge >= 0.3 is 0 Å². The first-order chi connectivity index (χ1) is 13.3. The Morgan fingerprint density at radius 3 is 2.71 bits per heavy atom. The molecule has 1 atom stereocenters. The van der Waals surface area contributed by atoms with Crippen LogP contribution >= 0.6 is 11.6 Å². The maximum Gasteiger partial charge on any atom is 0.218 e. The molecule has 28 heavy (non-hydrogen) atoms. The second kappa shape index (κ2) is 7.09. The molecule has 0 saturated carbocycles. The van der Waals surface area contributed by atoms with Gasteiger partial charge in [0.25, 0.3) is 0 Å². The molecule has 144 valence electrons. The summed E-state index contributed by atoms with van der Waals surface area (Å²) < 4.78 is 33.4. The number of rotatable bonds is 3. The van der Waals surface area contributed by atoms with Crippen molar-refractivity contribution in [3.63, 3.8) is 0 Å². The fourth-order valence-corrected chi connectivity index (χ4v) is 3.53. The van der Waals surface area contributed by atoms with Gasteiger partial charge in [0.05, 0.1) is 11.6 Å². The lowest BCUT2D eigenvalue weighted by atomic mass is 9.93. The highest BCUT2D eigenvalue weighted by Gasteiger charge is 2.32. The van der Waals surface area contributed by atoms with Crippen molar-refractivity contribution in [2.75, 3.05) is 0 Å². The van der Waals surface area contributed by atoms with E-state index in [-0.39, 0.29) is 11.6 Å². The minimum atomic E-state index is -0.955. The highest BCUT2D eigenvalue weighted by atomic mass is 35.5. The van der Waals surface area contributed by atoms with Crippen LogP contribution in [0.4, 0.5) is 8.78 Å². The molecule has 1 aromatic carbocycles. The normalized spacial score (nSPS) is 18.6. The number of aromatic nitrogens is 2. The molecule has 1 unspecified atom stereocenters. The lowest BCUT2D eigenvalue weighted by molar-refractivity contribution is 0.0634. The van der Waals surface area contributed by atoms with Gasteiger partial charge in [0.15, 0.2) is 11.6 Å². The van der Waals surface area contributed by atoms with Crippen LogP contribution in [0.25, 0.3) is 10.9 Å². The van der Waals surface area contributed by atoms with Gasteiger partial charge in [-0.15, -0.1) is 0 Å². The molecule has 3 aromatic rings. The Morgan fingerprint density at radius 1 is 1.14 bits per heavy atom. The van der Waals surface area contributed by atoms with Crippen molar-refractivity contribution >= 4 is 28.4 Å². The summed E-state index contributed by atoms with van der Waals surface area (Å²) in [5.41, 5.74) is 1.23. The highest BCUT2D eigenvalue weighted by molar-refractivity contribution is 6.29. The van der Waals surface area contributed by atoms with Crippen LogP contribution in [-0.4, -0.2) is 27.5 Å². The topological polar surface area (TPSA) is 47.4 Å². The summed E-state index contributed by atoms with van der Waals surface area (Å²) in [6, 6.07) is 7.98. The molecule has 0 aliphatic carbocycles. The Kier molecular flexibility index (Phi) is 4.75. The number of hydrogen-bond donors (Lipinski definition) is 0. The molecule has 4 rings (SSSR count). The summed E-state index contributed by atoms with van der Waals surface area (Å²) in [5, 5.41) is 0.940. The minimum Gasteiger partial charge on any atom is -0.471 e. The van der Waals surface area contributed by atoms with Gasteiger partial charge in [-0.05, 0) is 50.1 Å². The molecule has 1 aliphatic rings. The van der Waals surface area contributed by atoms with Crippen molar-refractivity contribution < 1.29 is 13.5 Å². The van der Waals surface area contributed by atoms with E-state index in [9.17, 15) is 8.78 Å². The van der Waals surface area contributed by atoms with Gasteiger partial charge in [-0.3, -0.25) is 4.98 Å². The van der Waals surface area contributed by atoms with E-state index >= 15 is 0 Å². The summed E-state index contributed by atoms with van der Waals surface area (Å²) in [4.78, 5) is 12.9. The molecule has 4 nitrogen and oxygen atoms in total. The average molecular weight is 402 g/mol. The SMILES string of the molecule is CC1(C)CC(Cc2ccc(Cl)nc2)N=C(c2cnc3c(F)c(F)ccc3c2)O1. The Hall–Kier alpha value is -2.60. The number of fused-ring (bicyclic) bond motifs is 1. The zero-order valence-corrected chi connectivity index (χ0v) is 16.2. The number of benzene rings is 1. The minimum absolute atomic E-state index is 0.0109. The van der Waals surface area contributed by atoms with Crippen LogP contribution in [-0.2, 0) is 11.2 Å². The molecule has 7 heteroatoms. The molecule has 0 radical (unpaired) electrons. The number of pyridine rings is 2. The van der Waals surface area contributed by atoms with Crippen LogP contribution < -0.4 is 0 Å². The third-order valence-electron chi connectivity index (χ3n) is 4.65. The average Bonchev–Trinajstić information content (AvgIpc) is 2.65. The van der Waals surface area contributed by atoms with E-state index < -0.39 is 17.2 Å². The molecule has 0 bridgehead atoms. The van der Waals surface area contributed by atoms with Crippen molar-refractivity contribution in [1.82, 2.24) is 9.97 Å². The van der Waals surface area contributed by atoms with Crippen molar-refractivity contribution in [2.24, 2.45) is 4.99 Å². The van der Waals surface area contributed by atoms with Crippen LogP contribution in [0.1, 0.15) is 31.4 Å². The predicted octanol–water partition coefficient (Wildman–Crippen LogP) is 5.12. The van der Waals surface area contributed by atoms with Crippen molar-refractivity contribution in [3.8, 4) is 0 Å². The van der Waals surface area contributed by atoms with Gasteiger partial charge < -0.3 is 4.74 Å². The number of halogens is 3. The molecule has 3 heterocycles. The summed E-state index contributed by atoms with van der Waals surface area (Å²) in [6.45, 7) is 4.00. The highest BCUT2D eigenvalue weighted by Crippen LogP contribution is 2.29. The molecule has 2 aromatic heterocycles. The first kappa shape index (κ1) is 18.7. The molecule has 0 spiro atoms. The molecular formula is C21H18ClF2N3O. The summed E-state index contributed by atoms with van der Waals surface area (Å²) in [6.07, 6.45) is 4.64. The predicted molar refractivity (Wildman–Crippen MR) is 105 cm³/mol. The maximum atomic E-state index is 13.9. The van der Waals surface area contributed by atoms with Crippen molar-refractivity contribution in [1.29, 1.82) is 0 Å². The van der Waals surface area contributed by atoms with Crippen LogP contribution in [0.15, 0.2) is 47.7 Å². The monoisotopic (exact) mass is 401 g/mol. The molecule has 0 fully saturated rings. The molecule has 1 aliphatic heterocycles. The standard InChI is InChI=1S/C21H18ClF2N3O/c1-21(2)9-15(7-12-3-6-17(22)25-10-12)27-20(28-21)14-8-13-4-5-16(23)18(24)19(13)26-11-14/h3-6,8,10-11,15H,7,9H2,1-2H3. The van der Waals surface area contributed by atoms with Crippen LogP contribution in [0.2, 0.25) is 5.15 Å². The molecular weight excluding hydrogens is 384 g/mol. The van der Waals surface area contributed by atoms with E-state index in [1.54, 1.807) is 18.3 Å². The van der Waals surface area contributed by atoms with Crippen molar-refractivity contribution in [2.45, 2.75) is 38.3 Å². The summed E-state index contributed by atoms with van der Waals surface area (Å²) >= 11 is 5.86. The van der Waals surface area contributed by atoms with Crippen LogP contribution in [0.3, 0.4) is 0 Å². The fraction of sp³-hybridized carbons (Fsp3) is 0.286. The van der Waals surface area contributed by atoms with E-state index in [0.29, 0.717) is 28.4 Å². The second-order valence-electron chi connectivity index (χ2n) is 7.50. The first-order valence-corrected chi connectivity index (χ1v) is 9.30. The number of aliphatic imine (C=N–C) groups is 1. The van der Waals surface area contributed by atoms with E-state index in [1.807, 2.05) is 19.9 Å². The lowest BCUT2D eigenvalue weighted by Gasteiger charge is -2.34. The zero-order valence-electron chi connectivity index (χ0n) is 15.4. The van der Waals surface area contributed by atoms with E-state index in [4.69, 9.17) is 21.3 Å². The molecule has 0 saturated heterocycles. The van der Waals surface area contributed by atoms with Gasteiger partial charge in [-0.2, -0.15) is 0 Å². The van der Waals surface area contributed by atoms with E-state index in [1.165, 1.54) is 12.3 Å². The van der Waals surface area contributed by atoms with Crippen molar-refractivity contribution in [3.05, 3.63) is 70.6 Å². The van der Waals surface area contributed by atoms with Gasteiger partial charge in [-0.25, -0.2) is 18.8 Å². The summed E-state index contributed by atoms with van der Waals surface area (Å²) in [7, 11) is 0. The number of nitrogens with zero attached hydrogens (tertiary/aromatic N) is 3. The van der Waals surface area contributed by atoms with Crippen LogP contribution in [0.5, 0.6) is 0 Å². The zero-order chi connectivity index (χ0) is 19.9. The van der Waals surface area contributed by atoms with Gasteiger partial charge in [0, 0.05) is 24.2 Å². The third-order valence-corrected chi connectivity index (χ3v) is 4.87. The Balaban J connectivity index is 1.68. The maximum absolute atomic E-state index is 13.9. The lowest BCUT2D eigenvalue weighted by Crippen LogP contribution is -2.38. The Morgan fingerprint density at radius 2 is 1.96 bits per heavy atom. The van der Waals surface area contributed by atoms with Gasteiger partial charge in [0.1, 0.15) is 16.3 Å². The fourth-order valence-electron chi connectivity index (χ4n) is 3.42. The Labute approximate surface area is 166 Å². The second-order valence-corrected chi connectivity index (χ2v) is 7.89. The quantitative estimate of drug-likeness (QED) is 0.572. The van der Waals surface area contributed by atoms with E-state index in [0.717, 1.165) is 18.1 Å². The Bertz CT molecular complexity index is 1070. The largest absolute Gasteiger partial charge is 0.471 e. The molecule has 0 amide bonds. The van der Waals surface area contributed by atoms with Gasteiger partial charge in [0.2, 0.25) is 5.90 Å². The smallest absolute Gasteiger partial charge is 0.218 e. The molecule has 0 N–H and O–H groups in total. The third kappa shape index (κ3) is 3.83.